The molecule has 0 spiro atoms. The number of hydrogen-bond donors (Lipinski definition) is 1. The summed E-state index contributed by atoms with van der Waals surface area (Å²) in [5.41, 5.74) is 1.95. The second kappa shape index (κ2) is 5.84. The van der Waals surface area contributed by atoms with E-state index in [1.165, 1.54) is 32.1 Å². The van der Waals surface area contributed by atoms with E-state index in [2.05, 4.69) is 26.8 Å². The Labute approximate surface area is 163 Å². The average Bonchev–Trinajstić information content (AvgIpc) is 3.15. The molecular formula is C24H36O3. The van der Waals surface area contributed by atoms with Crippen LogP contribution < -0.4 is 0 Å². The van der Waals surface area contributed by atoms with Crippen molar-refractivity contribution in [2.45, 2.75) is 96.7 Å². The molecule has 3 heteroatoms. The number of fused-ring (bicyclic) bond motifs is 5. The molecule has 0 radical (unpaired) electrons. The zero-order valence-electron chi connectivity index (χ0n) is 17.3. The number of cyclic esters (lactones) is 1. The quantitative estimate of drug-likeness (QED) is 0.519. The van der Waals surface area contributed by atoms with Gasteiger partial charge in [-0.05, 0) is 93.3 Å². The molecule has 4 fully saturated rings. The van der Waals surface area contributed by atoms with E-state index in [9.17, 15) is 9.90 Å². The van der Waals surface area contributed by atoms with Crippen LogP contribution in [-0.2, 0) is 9.53 Å². The monoisotopic (exact) mass is 372 g/mol. The molecule has 3 saturated carbocycles. The number of allylic oxidation sites excluding steroid dienone is 1. The maximum absolute atomic E-state index is 11.9. The SMILES string of the molecule is C[C@]12CC[C@@H]3[C@@H](CC=C4C[C@@H](O)CC[C@@]43C)[C@H]1CC[C@H]2[C@]1(C)CCC(=O)O1. The summed E-state index contributed by atoms with van der Waals surface area (Å²) >= 11 is 0. The van der Waals surface area contributed by atoms with Gasteiger partial charge < -0.3 is 9.84 Å². The highest BCUT2D eigenvalue weighted by Crippen LogP contribution is 2.68. The Hall–Kier alpha value is -0.830. The fraction of sp³-hybridized carbons (Fsp3) is 0.875. The summed E-state index contributed by atoms with van der Waals surface area (Å²) in [6.45, 7) is 7.23. The zero-order chi connectivity index (χ0) is 19.0. The minimum atomic E-state index is -0.234. The molecule has 0 bridgehead atoms. The topological polar surface area (TPSA) is 46.5 Å². The van der Waals surface area contributed by atoms with Crippen molar-refractivity contribution in [2.75, 3.05) is 0 Å². The van der Waals surface area contributed by atoms with Gasteiger partial charge >= 0.3 is 5.97 Å². The van der Waals surface area contributed by atoms with Crippen LogP contribution in [0.4, 0.5) is 0 Å². The van der Waals surface area contributed by atoms with Crippen molar-refractivity contribution < 1.29 is 14.6 Å². The Morgan fingerprint density at radius 2 is 1.85 bits per heavy atom. The van der Waals surface area contributed by atoms with Crippen molar-refractivity contribution in [1.29, 1.82) is 0 Å². The summed E-state index contributed by atoms with van der Waals surface area (Å²) < 4.78 is 5.92. The van der Waals surface area contributed by atoms with Gasteiger partial charge in [0.25, 0.3) is 0 Å². The van der Waals surface area contributed by atoms with Gasteiger partial charge in [0.05, 0.1) is 6.10 Å². The van der Waals surface area contributed by atoms with E-state index in [0.717, 1.165) is 43.4 Å². The average molecular weight is 373 g/mol. The highest BCUT2D eigenvalue weighted by Gasteiger charge is 2.62. The van der Waals surface area contributed by atoms with Crippen molar-refractivity contribution in [3.8, 4) is 0 Å². The number of carbonyl (C=O) groups excluding carboxylic acids is 1. The summed E-state index contributed by atoms with van der Waals surface area (Å²) in [7, 11) is 0. The maximum atomic E-state index is 11.9. The largest absolute Gasteiger partial charge is 0.459 e. The molecular weight excluding hydrogens is 336 g/mol. The highest BCUT2D eigenvalue weighted by molar-refractivity contribution is 5.72. The first-order valence-corrected chi connectivity index (χ1v) is 11.4. The molecule has 1 aliphatic heterocycles. The standard InChI is InChI=1S/C24H36O3/c1-22-11-8-16(25)14-15(22)4-5-17-18-6-7-20(23(18,2)12-9-19(17)22)24(3)13-10-21(26)27-24/h4,16-20,25H,5-14H2,1-3H3/t16-,17-,18+,19+,20+,22-,23-,24-/m0/s1. The molecule has 5 rings (SSSR count). The minimum absolute atomic E-state index is 0.0109. The van der Waals surface area contributed by atoms with Crippen molar-refractivity contribution in [2.24, 2.45) is 34.5 Å². The molecule has 0 aromatic rings. The molecule has 0 aromatic heterocycles. The van der Waals surface area contributed by atoms with Gasteiger partial charge in [-0.3, -0.25) is 4.79 Å². The van der Waals surface area contributed by atoms with Gasteiger partial charge in [0.1, 0.15) is 5.60 Å². The number of aliphatic hydroxyl groups excluding tert-OH is 1. The molecule has 0 amide bonds. The molecule has 1 heterocycles. The van der Waals surface area contributed by atoms with E-state index < -0.39 is 0 Å². The number of ether oxygens (including phenoxy) is 1. The Balaban J connectivity index is 1.44. The van der Waals surface area contributed by atoms with Crippen LogP contribution in [0.1, 0.15) is 85.0 Å². The van der Waals surface area contributed by atoms with Crippen LogP contribution in [0.2, 0.25) is 0 Å². The fourth-order valence-corrected chi connectivity index (χ4v) is 8.60. The smallest absolute Gasteiger partial charge is 0.306 e. The highest BCUT2D eigenvalue weighted by atomic mass is 16.6. The Morgan fingerprint density at radius 1 is 1.04 bits per heavy atom. The van der Waals surface area contributed by atoms with E-state index in [-0.39, 0.29) is 17.7 Å². The lowest BCUT2D eigenvalue weighted by atomic mass is 9.46. The van der Waals surface area contributed by atoms with Gasteiger partial charge in [-0.25, -0.2) is 0 Å². The Kier molecular flexibility index (Phi) is 3.94. The Bertz CT molecular complexity index is 683. The molecule has 1 N–H and O–H groups in total. The summed E-state index contributed by atoms with van der Waals surface area (Å²) in [4.78, 5) is 11.9. The van der Waals surface area contributed by atoms with E-state index in [1.54, 1.807) is 5.57 Å². The summed E-state index contributed by atoms with van der Waals surface area (Å²) in [5.74, 6) is 2.85. The third-order valence-corrected chi connectivity index (χ3v) is 9.99. The van der Waals surface area contributed by atoms with E-state index in [0.29, 0.717) is 23.2 Å². The van der Waals surface area contributed by atoms with Gasteiger partial charge in [-0.2, -0.15) is 0 Å². The number of esters is 1. The second-order valence-electron chi connectivity index (χ2n) is 11.1. The van der Waals surface area contributed by atoms with Gasteiger partial charge in [0, 0.05) is 12.3 Å². The number of rotatable bonds is 1. The normalized spacial score (nSPS) is 54.6. The molecule has 1 saturated heterocycles. The third-order valence-electron chi connectivity index (χ3n) is 9.99. The minimum Gasteiger partial charge on any atom is -0.459 e. The molecule has 4 aliphatic carbocycles. The lowest BCUT2D eigenvalue weighted by molar-refractivity contribution is -0.158. The first-order chi connectivity index (χ1) is 12.8. The molecule has 8 atom stereocenters. The van der Waals surface area contributed by atoms with Crippen molar-refractivity contribution in [1.82, 2.24) is 0 Å². The van der Waals surface area contributed by atoms with Gasteiger partial charge in [0.15, 0.2) is 0 Å². The van der Waals surface area contributed by atoms with E-state index in [4.69, 9.17) is 4.74 Å². The molecule has 3 nitrogen and oxygen atoms in total. The van der Waals surface area contributed by atoms with Crippen LogP contribution in [0.15, 0.2) is 11.6 Å². The van der Waals surface area contributed by atoms with E-state index in [1.807, 2.05) is 0 Å². The van der Waals surface area contributed by atoms with E-state index >= 15 is 0 Å². The first kappa shape index (κ1) is 18.2. The number of hydrogen-bond acceptors (Lipinski definition) is 3. The van der Waals surface area contributed by atoms with Crippen molar-refractivity contribution >= 4 is 5.97 Å². The first-order valence-electron chi connectivity index (χ1n) is 11.4. The van der Waals surface area contributed by atoms with Crippen LogP contribution in [0.5, 0.6) is 0 Å². The van der Waals surface area contributed by atoms with Gasteiger partial charge in [-0.1, -0.05) is 25.5 Å². The Morgan fingerprint density at radius 3 is 2.59 bits per heavy atom. The molecule has 0 unspecified atom stereocenters. The van der Waals surface area contributed by atoms with Gasteiger partial charge in [-0.15, -0.1) is 0 Å². The van der Waals surface area contributed by atoms with Crippen molar-refractivity contribution in [3.05, 3.63) is 11.6 Å². The predicted octanol–water partition coefficient (Wildman–Crippen LogP) is 5.02. The summed E-state index contributed by atoms with van der Waals surface area (Å²) in [6.07, 6.45) is 13.2. The second-order valence-corrected chi connectivity index (χ2v) is 11.1. The lowest BCUT2D eigenvalue weighted by Crippen LogP contribution is -2.53. The number of carbonyl (C=O) groups is 1. The predicted molar refractivity (Wildman–Crippen MR) is 105 cm³/mol. The zero-order valence-corrected chi connectivity index (χ0v) is 17.3. The summed E-state index contributed by atoms with van der Waals surface area (Å²) in [6, 6.07) is 0. The van der Waals surface area contributed by atoms with Crippen LogP contribution in [-0.4, -0.2) is 22.8 Å². The number of aliphatic hydroxyl groups is 1. The third kappa shape index (κ3) is 2.46. The molecule has 150 valence electrons. The molecule has 27 heavy (non-hydrogen) atoms. The maximum Gasteiger partial charge on any atom is 0.306 e. The van der Waals surface area contributed by atoms with Crippen LogP contribution >= 0.6 is 0 Å². The van der Waals surface area contributed by atoms with Crippen LogP contribution in [0.3, 0.4) is 0 Å². The van der Waals surface area contributed by atoms with Crippen molar-refractivity contribution in [3.63, 3.8) is 0 Å². The van der Waals surface area contributed by atoms with Crippen LogP contribution in [0.25, 0.3) is 0 Å². The van der Waals surface area contributed by atoms with Crippen LogP contribution in [0, 0.1) is 34.5 Å². The lowest BCUT2D eigenvalue weighted by Gasteiger charge is -2.58. The summed E-state index contributed by atoms with van der Waals surface area (Å²) in [5, 5.41) is 10.2. The molecule has 5 aliphatic rings. The fourth-order valence-electron chi connectivity index (χ4n) is 8.60. The molecule has 0 aromatic carbocycles. The van der Waals surface area contributed by atoms with Gasteiger partial charge in [0.2, 0.25) is 0 Å².